The highest BCUT2D eigenvalue weighted by molar-refractivity contribution is 6.32. The molecule has 0 heterocycles. The van der Waals surface area contributed by atoms with Gasteiger partial charge in [-0.15, -0.1) is 0 Å². The highest BCUT2D eigenvalue weighted by Crippen LogP contribution is 2.29. The number of hydrogen-bond donors (Lipinski definition) is 0. The van der Waals surface area contributed by atoms with Gasteiger partial charge in [-0.2, -0.15) is 0 Å². The molecule has 2 rings (SSSR count). The van der Waals surface area contributed by atoms with Crippen molar-refractivity contribution >= 4 is 17.3 Å². The van der Waals surface area contributed by atoms with E-state index < -0.39 is 4.92 Å². The molecule has 19 heavy (non-hydrogen) atoms. The fraction of sp³-hybridized carbons (Fsp3) is 0.143. The summed E-state index contributed by atoms with van der Waals surface area (Å²) in [5.74, 6) is 0.438. The van der Waals surface area contributed by atoms with Gasteiger partial charge in [0.1, 0.15) is 12.4 Å². The Kier molecular flexibility index (Phi) is 4.02. The molecule has 0 N–H and O–H groups in total. The summed E-state index contributed by atoms with van der Waals surface area (Å²) in [6, 6.07) is 12.1. The van der Waals surface area contributed by atoms with E-state index >= 15 is 0 Å². The van der Waals surface area contributed by atoms with E-state index in [1.807, 2.05) is 31.2 Å². The van der Waals surface area contributed by atoms with Crippen LogP contribution in [0.15, 0.2) is 42.5 Å². The van der Waals surface area contributed by atoms with E-state index in [9.17, 15) is 10.1 Å². The summed E-state index contributed by atoms with van der Waals surface area (Å²) in [5.41, 5.74) is 2.14. The van der Waals surface area contributed by atoms with Gasteiger partial charge in [-0.3, -0.25) is 10.1 Å². The number of nitro groups is 1. The molecule has 2 aromatic carbocycles. The normalized spacial score (nSPS) is 10.2. The number of halogens is 1. The summed E-state index contributed by atoms with van der Waals surface area (Å²) in [7, 11) is 0. The fourth-order valence-electron chi connectivity index (χ4n) is 1.57. The average molecular weight is 278 g/mol. The first kappa shape index (κ1) is 13.4. The van der Waals surface area contributed by atoms with Crippen LogP contribution in [0.1, 0.15) is 11.1 Å². The maximum atomic E-state index is 10.6. The van der Waals surface area contributed by atoms with Crippen LogP contribution in [0.3, 0.4) is 0 Å². The topological polar surface area (TPSA) is 52.4 Å². The lowest BCUT2D eigenvalue weighted by atomic mass is 10.2. The molecule has 98 valence electrons. The van der Waals surface area contributed by atoms with E-state index in [4.69, 9.17) is 16.3 Å². The number of benzene rings is 2. The van der Waals surface area contributed by atoms with E-state index in [0.717, 1.165) is 5.56 Å². The maximum absolute atomic E-state index is 10.6. The summed E-state index contributed by atoms with van der Waals surface area (Å²) in [5, 5.41) is 10.8. The minimum absolute atomic E-state index is 0.0484. The molecule has 0 aliphatic heterocycles. The molecule has 0 aliphatic carbocycles. The van der Waals surface area contributed by atoms with Gasteiger partial charge in [0.25, 0.3) is 5.69 Å². The first-order valence-corrected chi connectivity index (χ1v) is 6.06. The highest BCUT2D eigenvalue weighted by Gasteiger charge is 2.10. The van der Waals surface area contributed by atoms with E-state index in [1.54, 1.807) is 0 Å². The van der Waals surface area contributed by atoms with Gasteiger partial charge in [0.2, 0.25) is 0 Å². The monoisotopic (exact) mass is 277 g/mol. The standard InChI is InChI=1S/C14H12ClNO3/c1-10-2-4-11(5-3-10)9-19-14-7-6-12(16(17)18)8-13(14)15/h2-8H,9H2,1H3. The number of rotatable bonds is 4. The first-order chi connectivity index (χ1) is 9.06. The average Bonchev–Trinajstić information content (AvgIpc) is 2.39. The molecule has 0 bridgehead atoms. The zero-order valence-electron chi connectivity index (χ0n) is 10.3. The van der Waals surface area contributed by atoms with Crippen LogP contribution < -0.4 is 4.74 Å². The van der Waals surface area contributed by atoms with Crippen LogP contribution in [0.4, 0.5) is 5.69 Å². The van der Waals surface area contributed by atoms with Gasteiger partial charge in [-0.05, 0) is 18.6 Å². The second-order valence-electron chi connectivity index (χ2n) is 4.15. The van der Waals surface area contributed by atoms with Crippen molar-refractivity contribution in [3.8, 4) is 5.75 Å². The van der Waals surface area contributed by atoms with Gasteiger partial charge in [0, 0.05) is 12.1 Å². The quantitative estimate of drug-likeness (QED) is 0.623. The lowest BCUT2D eigenvalue weighted by Gasteiger charge is -2.08. The third-order valence-corrected chi connectivity index (χ3v) is 2.94. The van der Waals surface area contributed by atoms with Crippen LogP contribution in [0.2, 0.25) is 5.02 Å². The molecule has 0 spiro atoms. The Morgan fingerprint density at radius 1 is 1.21 bits per heavy atom. The molecule has 0 amide bonds. The van der Waals surface area contributed by atoms with E-state index in [1.165, 1.54) is 23.8 Å². The molecule has 4 nitrogen and oxygen atoms in total. The summed E-state index contributed by atoms with van der Waals surface area (Å²) in [6.45, 7) is 2.38. The Labute approximate surface area is 115 Å². The molecule has 0 fully saturated rings. The molecule has 0 atom stereocenters. The predicted octanol–water partition coefficient (Wildman–Crippen LogP) is 4.14. The zero-order chi connectivity index (χ0) is 13.8. The number of aryl methyl sites for hydroxylation is 1. The molecular weight excluding hydrogens is 266 g/mol. The fourth-order valence-corrected chi connectivity index (χ4v) is 1.80. The van der Waals surface area contributed by atoms with Crippen molar-refractivity contribution in [2.75, 3.05) is 0 Å². The SMILES string of the molecule is Cc1ccc(COc2ccc([N+](=O)[O-])cc2Cl)cc1. The Balaban J connectivity index is 2.07. The van der Waals surface area contributed by atoms with Crippen LogP contribution in [0, 0.1) is 17.0 Å². The smallest absolute Gasteiger partial charge is 0.271 e. The third-order valence-electron chi connectivity index (χ3n) is 2.64. The molecule has 0 aromatic heterocycles. The van der Waals surface area contributed by atoms with E-state index in [2.05, 4.69) is 0 Å². The maximum Gasteiger partial charge on any atom is 0.271 e. The summed E-state index contributed by atoms with van der Waals surface area (Å²) < 4.78 is 5.54. The summed E-state index contributed by atoms with van der Waals surface area (Å²) in [4.78, 5) is 10.1. The number of ether oxygens (including phenoxy) is 1. The van der Waals surface area contributed by atoms with Crippen LogP contribution in [-0.4, -0.2) is 4.92 Å². The second kappa shape index (κ2) is 5.71. The minimum Gasteiger partial charge on any atom is -0.487 e. The van der Waals surface area contributed by atoms with Gasteiger partial charge in [0.05, 0.1) is 9.95 Å². The molecule has 0 saturated carbocycles. The van der Waals surface area contributed by atoms with Gasteiger partial charge >= 0.3 is 0 Å². The van der Waals surface area contributed by atoms with Crippen LogP contribution in [0.25, 0.3) is 0 Å². The van der Waals surface area contributed by atoms with Crippen LogP contribution in [0.5, 0.6) is 5.75 Å². The van der Waals surface area contributed by atoms with Crippen molar-refractivity contribution in [3.63, 3.8) is 0 Å². The second-order valence-corrected chi connectivity index (χ2v) is 4.55. The van der Waals surface area contributed by atoms with Crippen LogP contribution >= 0.6 is 11.6 Å². The highest BCUT2D eigenvalue weighted by atomic mass is 35.5. The molecule has 2 aromatic rings. The van der Waals surface area contributed by atoms with Crippen LogP contribution in [-0.2, 0) is 6.61 Å². The van der Waals surface area contributed by atoms with Gasteiger partial charge in [-0.25, -0.2) is 0 Å². The van der Waals surface area contributed by atoms with Gasteiger partial charge in [-0.1, -0.05) is 41.4 Å². The van der Waals surface area contributed by atoms with Crippen molar-refractivity contribution in [3.05, 3.63) is 68.7 Å². The zero-order valence-corrected chi connectivity index (χ0v) is 11.1. The molecule has 0 saturated heterocycles. The summed E-state index contributed by atoms with van der Waals surface area (Å²) >= 11 is 5.94. The molecule has 0 aliphatic rings. The van der Waals surface area contributed by atoms with Crippen molar-refractivity contribution in [2.45, 2.75) is 13.5 Å². The Morgan fingerprint density at radius 3 is 2.47 bits per heavy atom. The summed E-state index contributed by atoms with van der Waals surface area (Å²) in [6.07, 6.45) is 0. The van der Waals surface area contributed by atoms with Crippen molar-refractivity contribution < 1.29 is 9.66 Å². The lowest BCUT2D eigenvalue weighted by molar-refractivity contribution is -0.384. The Bertz CT molecular complexity index is 596. The lowest BCUT2D eigenvalue weighted by Crippen LogP contribution is -1.96. The van der Waals surface area contributed by atoms with E-state index in [0.29, 0.717) is 12.4 Å². The number of nitrogens with zero attached hydrogens (tertiary/aromatic N) is 1. The Morgan fingerprint density at radius 2 is 1.89 bits per heavy atom. The largest absolute Gasteiger partial charge is 0.487 e. The Hall–Kier alpha value is -2.07. The predicted molar refractivity (Wildman–Crippen MR) is 73.6 cm³/mol. The van der Waals surface area contributed by atoms with Gasteiger partial charge in [0.15, 0.2) is 0 Å². The van der Waals surface area contributed by atoms with Crippen molar-refractivity contribution in [1.82, 2.24) is 0 Å². The number of non-ortho nitro benzene ring substituents is 1. The number of nitro benzene ring substituents is 1. The van der Waals surface area contributed by atoms with E-state index in [-0.39, 0.29) is 10.7 Å². The molecule has 0 radical (unpaired) electrons. The number of hydrogen-bond acceptors (Lipinski definition) is 3. The molecule has 0 unspecified atom stereocenters. The molecule has 5 heteroatoms. The first-order valence-electron chi connectivity index (χ1n) is 5.68. The minimum atomic E-state index is -0.490. The molecular formula is C14H12ClNO3. The van der Waals surface area contributed by atoms with Crippen molar-refractivity contribution in [1.29, 1.82) is 0 Å². The van der Waals surface area contributed by atoms with Gasteiger partial charge < -0.3 is 4.74 Å². The van der Waals surface area contributed by atoms with Crippen molar-refractivity contribution in [2.24, 2.45) is 0 Å². The third kappa shape index (κ3) is 3.45.